The molecule has 18 heavy (non-hydrogen) atoms. The second kappa shape index (κ2) is 8.25. The molecule has 4 nitrogen and oxygen atoms in total. The number of rotatable bonds is 9. The van der Waals surface area contributed by atoms with E-state index in [1.807, 2.05) is 20.8 Å². The van der Waals surface area contributed by atoms with Gasteiger partial charge in [-0.3, -0.25) is 9.59 Å². The lowest BCUT2D eigenvalue weighted by Crippen LogP contribution is -2.34. The number of esters is 1. The summed E-state index contributed by atoms with van der Waals surface area (Å²) in [5.41, 5.74) is -0.738. The Morgan fingerprint density at radius 1 is 1.17 bits per heavy atom. The first-order valence-corrected chi connectivity index (χ1v) is 6.62. The van der Waals surface area contributed by atoms with Crippen LogP contribution >= 0.6 is 0 Å². The third-order valence-corrected chi connectivity index (χ3v) is 2.68. The molecule has 0 aromatic heterocycles. The van der Waals surface area contributed by atoms with Gasteiger partial charge < -0.3 is 9.47 Å². The van der Waals surface area contributed by atoms with Crippen LogP contribution in [0.5, 0.6) is 0 Å². The molecular formula is C14H26O4. The van der Waals surface area contributed by atoms with Crippen molar-refractivity contribution in [2.75, 3.05) is 19.8 Å². The number of ether oxygens (including phenoxy) is 2. The molecule has 0 aliphatic heterocycles. The molecule has 0 amide bonds. The highest BCUT2D eigenvalue weighted by molar-refractivity contribution is 5.87. The summed E-state index contributed by atoms with van der Waals surface area (Å²) in [7, 11) is 0. The SMILES string of the molecule is CCOCC(=O)CC(C)(CC(C)C)C(=O)OCC. The number of Topliss-reactive ketones (excluding diaryl/α,β-unsaturated/α-hetero) is 1. The van der Waals surface area contributed by atoms with Gasteiger partial charge in [-0.05, 0) is 33.1 Å². The summed E-state index contributed by atoms with van der Waals surface area (Å²) >= 11 is 0. The molecule has 0 spiro atoms. The van der Waals surface area contributed by atoms with E-state index in [9.17, 15) is 9.59 Å². The van der Waals surface area contributed by atoms with E-state index in [1.54, 1.807) is 13.8 Å². The maximum atomic E-state index is 12.0. The second-order valence-corrected chi connectivity index (χ2v) is 5.23. The standard InChI is InChI=1S/C14H26O4/c1-6-17-10-12(15)9-14(5,8-11(3)4)13(16)18-7-2/h11H,6-10H2,1-5H3. The predicted molar refractivity (Wildman–Crippen MR) is 70.3 cm³/mol. The molecule has 0 rings (SSSR count). The third-order valence-electron chi connectivity index (χ3n) is 2.68. The molecule has 0 aromatic rings. The molecular weight excluding hydrogens is 232 g/mol. The molecule has 4 heteroatoms. The van der Waals surface area contributed by atoms with Crippen molar-refractivity contribution in [2.24, 2.45) is 11.3 Å². The van der Waals surface area contributed by atoms with Gasteiger partial charge in [0, 0.05) is 13.0 Å². The molecule has 1 atom stereocenters. The van der Waals surface area contributed by atoms with Gasteiger partial charge in [0.25, 0.3) is 0 Å². The number of carbonyl (C=O) groups is 2. The van der Waals surface area contributed by atoms with Crippen molar-refractivity contribution in [3.05, 3.63) is 0 Å². The smallest absolute Gasteiger partial charge is 0.312 e. The van der Waals surface area contributed by atoms with E-state index in [1.165, 1.54) is 0 Å². The fourth-order valence-electron chi connectivity index (χ4n) is 2.14. The van der Waals surface area contributed by atoms with E-state index < -0.39 is 5.41 Å². The van der Waals surface area contributed by atoms with Crippen LogP contribution in [0.3, 0.4) is 0 Å². The van der Waals surface area contributed by atoms with Gasteiger partial charge in [0.15, 0.2) is 5.78 Å². The molecule has 0 radical (unpaired) electrons. The van der Waals surface area contributed by atoms with Crippen LogP contribution in [-0.2, 0) is 19.1 Å². The lowest BCUT2D eigenvalue weighted by Gasteiger charge is -2.28. The minimum absolute atomic E-state index is 0.0481. The molecule has 0 aliphatic rings. The van der Waals surface area contributed by atoms with Crippen LogP contribution in [0.1, 0.15) is 47.5 Å². The summed E-state index contributed by atoms with van der Waals surface area (Å²) in [4.78, 5) is 23.8. The van der Waals surface area contributed by atoms with Crippen LogP contribution in [0.2, 0.25) is 0 Å². The van der Waals surface area contributed by atoms with Crippen LogP contribution < -0.4 is 0 Å². The maximum Gasteiger partial charge on any atom is 0.312 e. The molecule has 0 fully saturated rings. The summed E-state index contributed by atoms with van der Waals surface area (Å²) in [6.07, 6.45) is 0.827. The first kappa shape index (κ1) is 17.1. The second-order valence-electron chi connectivity index (χ2n) is 5.23. The van der Waals surface area contributed by atoms with Gasteiger partial charge in [-0.1, -0.05) is 13.8 Å². The van der Waals surface area contributed by atoms with Crippen LogP contribution in [0.25, 0.3) is 0 Å². The zero-order valence-electron chi connectivity index (χ0n) is 12.2. The van der Waals surface area contributed by atoms with Gasteiger partial charge in [0.1, 0.15) is 6.61 Å². The van der Waals surface area contributed by atoms with E-state index in [0.29, 0.717) is 25.6 Å². The van der Waals surface area contributed by atoms with E-state index in [0.717, 1.165) is 0 Å². The molecule has 0 aliphatic carbocycles. The minimum atomic E-state index is -0.738. The molecule has 1 unspecified atom stereocenters. The summed E-state index contributed by atoms with van der Waals surface area (Å²) in [5, 5.41) is 0. The predicted octanol–water partition coefficient (Wildman–Crippen LogP) is 2.60. The van der Waals surface area contributed by atoms with Crippen molar-refractivity contribution in [1.29, 1.82) is 0 Å². The Morgan fingerprint density at radius 3 is 2.22 bits per heavy atom. The van der Waals surface area contributed by atoms with E-state index >= 15 is 0 Å². The first-order valence-electron chi connectivity index (χ1n) is 6.62. The van der Waals surface area contributed by atoms with Crippen LogP contribution in [0, 0.1) is 11.3 Å². The van der Waals surface area contributed by atoms with Gasteiger partial charge in [0.2, 0.25) is 0 Å². The van der Waals surface area contributed by atoms with Gasteiger partial charge in [-0.2, -0.15) is 0 Å². The average Bonchev–Trinajstić information content (AvgIpc) is 2.25. The van der Waals surface area contributed by atoms with Crippen LogP contribution in [0.4, 0.5) is 0 Å². The lowest BCUT2D eigenvalue weighted by atomic mass is 9.78. The Hall–Kier alpha value is -0.900. The highest BCUT2D eigenvalue weighted by Crippen LogP contribution is 2.32. The molecule has 0 heterocycles. The summed E-state index contributed by atoms with van der Waals surface area (Å²) in [6.45, 7) is 10.4. The first-order chi connectivity index (χ1) is 8.35. The molecule has 0 N–H and O–H groups in total. The molecule has 106 valence electrons. The Bertz CT molecular complexity index is 273. The van der Waals surface area contributed by atoms with E-state index in [-0.39, 0.29) is 24.8 Å². The Balaban J connectivity index is 4.65. The number of hydrogen-bond donors (Lipinski definition) is 0. The van der Waals surface area contributed by atoms with Gasteiger partial charge in [0.05, 0.1) is 12.0 Å². The van der Waals surface area contributed by atoms with Crippen molar-refractivity contribution in [3.8, 4) is 0 Å². The summed E-state index contributed by atoms with van der Waals surface area (Å²) in [6, 6.07) is 0. The average molecular weight is 258 g/mol. The van der Waals surface area contributed by atoms with Crippen LogP contribution in [0.15, 0.2) is 0 Å². The molecule has 0 saturated carbocycles. The van der Waals surface area contributed by atoms with E-state index in [2.05, 4.69) is 0 Å². The normalized spacial score (nSPS) is 14.3. The van der Waals surface area contributed by atoms with Gasteiger partial charge in [-0.25, -0.2) is 0 Å². The maximum absolute atomic E-state index is 12.0. The topological polar surface area (TPSA) is 52.6 Å². The largest absolute Gasteiger partial charge is 0.466 e. The van der Waals surface area contributed by atoms with E-state index in [4.69, 9.17) is 9.47 Å². The monoisotopic (exact) mass is 258 g/mol. The van der Waals surface area contributed by atoms with Crippen molar-refractivity contribution < 1.29 is 19.1 Å². The highest BCUT2D eigenvalue weighted by Gasteiger charge is 2.37. The lowest BCUT2D eigenvalue weighted by molar-refractivity contribution is -0.158. The summed E-state index contributed by atoms with van der Waals surface area (Å²) in [5.74, 6) is -0.00380. The Kier molecular flexibility index (Phi) is 7.83. The van der Waals surface area contributed by atoms with Gasteiger partial charge >= 0.3 is 5.97 Å². The zero-order valence-corrected chi connectivity index (χ0v) is 12.2. The number of carbonyl (C=O) groups excluding carboxylic acids is 2. The third kappa shape index (κ3) is 6.15. The minimum Gasteiger partial charge on any atom is -0.466 e. The number of hydrogen-bond acceptors (Lipinski definition) is 4. The van der Waals surface area contributed by atoms with Crippen molar-refractivity contribution >= 4 is 11.8 Å². The zero-order chi connectivity index (χ0) is 14.2. The Labute approximate surface area is 110 Å². The quantitative estimate of drug-likeness (QED) is 0.596. The Morgan fingerprint density at radius 2 is 1.78 bits per heavy atom. The van der Waals surface area contributed by atoms with Gasteiger partial charge in [-0.15, -0.1) is 0 Å². The van der Waals surface area contributed by atoms with Crippen molar-refractivity contribution in [2.45, 2.75) is 47.5 Å². The van der Waals surface area contributed by atoms with Crippen molar-refractivity contribution in [1.82, 2.24) is 0 Å². The molecule has 0 saturated heterocycles. The fraction of sp³-hybridized carbons (Fsp3) is 0.857. The number of ketones is 1. The molecule has 0 bridgehead atoms. The molecule has 0 aromatic carbocycles. The fourth-order valence-corrected chi connectivity index (χ4v) is 2.14. The van der Waals surface area contributed by atoms with Crippen LogP contribution in [-0.4, -0.2) is 31.6 Å². The van der Waals surface area contributed by atoms with Crippen molar-refractivity contribution in [3.63, 3.8) is 0 Å². The highest BCUT2D eigenvalue weighted by atomic mass is 16.5. The summed E-state index contributed by atoms with van der Waals surface area (Å²) < 4.78 is 10.2.